The fraction of sp³-hybridized carbons (Fsp3) is 0.375. The number of hydrogen-bond acceptors (Lipinski definition) is 4. The molecule has 1 aliphatic heterocycles. The number of urea groups is 1. The normalized spacial score (nSPS) is 14.9. The van der Waals surface area contributed by atoms with Gasteiger partial charge >= 0.3 is 12.1 Å². The molecule has 0 bridgehead atoms. The van der Waals surface area contributed by atoms with Crippen molar-refractivity contribution in [2.24, 2.45) is 0 Å². The standard InChI is InChI=1S/C24H29N5O3/c1-24(2,3)32-23(31)28-13-10-18(11-14-28)17-4-6-19(7-5-17)26-22(30)27-20-8-9-21-25-12-15-29(21)16-20/h4-9,12,15-16,18H,10-11,13-14H2,1-3H3,(H2,26,27,30). The first kappa shape index (κ1) is 21.7. The molecule has 0 atom stereocenters. The Balaban J connectivity index is 1.28. The van der Waals surface area contributed by atoms with Crippen molar-refractivity contribution >= 4 is 29.1 Å². The molecule has 8 heteroatoms. The molecule has 1 aromatic carbocycles. The number of piperidine rings is 1. The van der Waals surface area contributed by atoms with Gasteiger partial charge in [-0.05, 0) is 69.4 Å². The number of nitrogens with zero attached hydrogens (tertiary/aromatic N) is 3. The molecule has 0 spiro atoms. The molecule has 3 heterocycles. The summed E-state index contributed by atoms with van der Waals surface area (Å²) in [5, 5.41) is 5.70. The van der Waals surface area contributed by atoms with Crippen LogP contribution in [0, 0.1) is 0 Å². The summed E-state index contributed by atoms with van der Waals surface area (Å²) in [5.41, 5.74) is 2.96. The third kappa shape index (κ3) is 5.38. The minimum absolute atomic E-state index is 0.242. The van der Waals surface area contributed by atoms with E-state index in [1.54, 1.807) is 11.1 Å². The van der Waals surface area contributed by atoms with Crippen LogP contribution in [0.1, 0.15) is 45.1 Å². The Labute approximate surface area is 187 Å². The van der Waals surface area contributed by atoms with Gasteiger partial charge < -0.3 is 24.7 Å². The summed E-state index contributed by atoms with van der Waals surface area (Å²) in [4.78, 5) is 30.6. The summed E-state index contributed by atoms with van der Waals surface area (Å²) in [6, 6.07) is 11.3. The van der Waals surface area contributed by atoms with Crippen molar-refractivity contribution in [3.8, 4) is 0 Å². The number of fused-ring (bicyclic) bond motifs is 1. The average molecular weight is 436 g/mol. The van der Waals surface area contributed by atoms with Crippen LogP contribution in [0.3, 0.4) is 0 Å². The van der Waals surface area contributed by atoms with Gasteiger partial charge in [0, 0.05) is 37.4 Å². The van der Waals surface area contributed by atoms with Crippen LogP contribution in [0.25, 0.3) is 5.65 Å². The summed E-state index contributed by atoms with van der Waals surface area (Å²) in [6.45, 7) is 7.01. The molecule has 3 amide bonds. The molecule has 0 saturated carbocycles. The maximum atomic E-state index is 12.3. The zero-order valence-corrected chi connectivity index (χ0v) is 18.7. The van der Waals surface area contributed by atoms with Crippen molar-refractivity contribution in [3.63, 3.8) is 0 Å². The van der Waals surface area contributed by atoms with Gasteiger partial charge in [0.25, 0.3) is 0 Å². The van der Waals surface area contributed by atoms with Crippen molar-refractivity contribution < 1.29 is 14.3 Å². The third-order valence-electron chi connectivity index (χ3n) is 5.43. The highest BCUT2D eigenvalue weighted by Crippen LogP contribution is 2.29. The lowest BCUT2D eigenvalue weighted by molar-refractivity contribution is 0.0205. The van der Waals surface area contributed by atoms with E-state index in [0.717, 1.165) is 24.2 Å². The second kappa shape index (κ2) is 8.90. The number of pyridine rings is 1. The molecule has 32 heavy (non-hydrogen) atoms. The highest BCUT2D eigenvalue weighted by Gasteiger charge is 2.27. The van der Waals surface area contributed by atoms with Gasteiger partial charge in [0.1, 0.15) is 11.2 Å². The smallest absolute Gasteiger partial charge is 0.410 e. The first-order valence-corrected chi connectivity index (χ1v) is 10.9. The second-order valence-electron chi connectivity index (χ2n) is 9.05. The Hall–Kier alpha value is -3.55. The molecule has 4 rings (SSSR count). The third-order valence-corrected chi connectivity index (χ3v) is 5.43. The first-order chi connectivity index (χ1) is 15.3. The highest BCUT2D eigenvalue weighted by molar-refractivity contribution is 5.99. The van der Waals surface area contributed by atoms with Gasteiger partial charge in [-0.1, -0.05) is 12.1 Å². The van der Waals surface area contributed by atoms with E-state index in [-0.39, 0.29) is 12.1 Å². The highest BCUT2D eigenvalue weighted by atomic mass is 16.6. The number of benzene rings is 1. The molecule has 168 valence electrons. The van der Waals surface area contributed by atoms with E-state index in [4.69, 9.17) is 4.74 Å². The largest absolute Gasteiger partial charge is 0.444 e. The minimum Gasteiger partial charge on any atom is -0.444 e. The lowest BCUT2D eigenvalue weighted by Gasteiger charge is -2.33. The predicted octanol–water partition coefficient (Wildman–Crippen LogP) is 5.09. The lowest BCUT2D eigenvalue weighted by Crippen LogP contribution is -2.41. The Morgan fingerprint density at radius 1 is 1.00 bits per heavy atom. The van der Waals surface area contributed by atoms with Gasteiger partial charge in [-0.25, -0.2) is 14.6 Å². The summed E-state index contributed by atoms with van der Waals surface area (Å²) >= 11 is 0. The molecule has 0 radical (unpaired) electrons. The average Bonchev–Trinajstić information content (AvgIpc) is 3.21. The van der Waals surface area contributed by atoms with Crippen molar-refractivity contribution in [3.05, 3.63) is 60.6 Å². The first-order valence-electron chi connectivity index (χ1n) is 10.9. The number of rotatable bonds is 3. The van der Waals surface area contributed by atoms with Crippen LogP contribution in [0.15, 0.2) is 55.0 Å². The molecule has 1 saturated heterocycles. The number of anilines is 2. The number of imidazole rings is 1. The van der Waals surface area contributed by atoms with Gasteiger partial charge in [-0.2, -0.15) is 0 Å². The van der Waals surface area contributed by atoms with Gasteiger partial charge in [-0.3, -0.25) is 0 Å². The van der Waals surface area contributed by atoms with Gasteiger partial charge in [0.2, 0.25) is 0 Å². The molecule has 0 unspecified atom stereocenters. The maximum Gasteiger partial charge on any atom is 0.410 e. The number of ether oxygens (including phenoxy) is 1. The Morgan fingerprint density at radius 3 is 2.34 bits per heavy atom. The van der Waals surface area contributed by atoms with Crippen LogP contribution in [0.2, 0.25) is 0 Å². The number of nitrogens with one attached hydrogen (secondary N) is 2. The van der Waals surface area contributed by atoms with Crippen LogP contribution >= 0.6 is 0 Å². The Bertz CT molecular complexity index is 1090. The number of carbonyl (C=O) groups excluding carboxylic acids is 2. The number of hydrogen-bond donors (Lipinski definition) is 2. The molecule has 8 nitrogen and oxygen atoms in total. The number of aromatic nitrogens is 2. The molecular formula is C24H29N5O3. The number of likely N-dealkylation sites (tertiary alicyclic amines) is 1. The molecule has 2 aromatic heterocycles. The molecular weight excluding hydrogens is 406 g/mol. The Morgan fingerprint density at radius 2 is 1.66 bits per heavy atom. The predicted molar refractivity (Wildman–Crippen MR) is 124 cm³/mol. The van der Waals surface area contributed by atoms with E-state index in [0.29, 0.717) is 24.7 Å². The summed E-state index contributed by atoms with van der Waals surface area (Å²) < 4.78 is 7.31. The van der Waals surface area contributed by atoms with E-state index in [1.165, 1.54) is 5.56 Å². The van der Waals surface area contributed by atoms with E-state index >= 15 is 0 Å². The van der Waals surface area contributed by atoms with Crippen LogP contribution in [0.4, 0.5) is 21.0 Å². The molecule has 3 aromatic rings. The van der Waals surface area contributed by atoms with E-state index < -0.39 is 5.60 Å². The zero-order valence-electron chi connectivity index (χ0n) is 18.7. The van der Waals surface area contributed by atoms with Crippen molar-refractivity contribution in [1.29, 1.82) is 0 Å². The van der Waals surface area contributed by atoms with Crippen LogP contribution in [-0.2, 0) is 4.74 Å². The van der Waals surface area contributed by atoms with E-state index in [9.17, 15) is 9.59 Å². The number of amides is 3. The van der Waals surface area contributed by atoms with Crippen molar-refractivity contribution in [2.45, 2.75) is 45.1 Å². The fourth-order valence-corrected chi connectivity index (χ4v) is 3.85. The van der Waals surface area contributed by atoms with Crippen LogP contribution in [0.5, 0.6) is 0 Å². The summed E-state index contributed by atoms with van der Waals surface area (Å²) in [5.74, 6) is 0.387. The topological polar surface area (TPSA) is 88.0 Å². The van der Waals surface area contributed by atoms with Gasteiger partial charge in [0.15, 0.2) is 0 Å². The second-order valence-corrected chi connectivity index (χ2v) is 9.05. The minimum atomic E-state index is -0.477. The zero-order chi connectivity index (χ0) is 22.7. The summed E-state index contributed by atoms with van der Waals surface area (Å²) in [6.07, 6.45) is 6.90. The van der Waals surface area contributed by atoms with E-state index in [2.05, 4.69) is 15.6 Å². The summed E-state index contributed by atoms with van der Waals surface area (Å²) in [7, 11) is 0. The quantitative estimate of drug-likeness (QED) is 0.600. The lowest BCUT2D eigenvalue weighted by atomic mass is 9.89. The molecule has 1 aliphatic rings. The molecule has 0 aliphatic carbocycles. The van der Waals surface area contributed by atoms with Crippen LogP contribution in [-0.4, -0.2) is 45.1 Å². The van der Waals surface area contributed by atoms with Gasteiger partial charge in [0.05, 0.1) is 5.69 Å². The monoisotopic (exact) mass is 435 g/mol. The number of carbonyl (C=O) groups is 2. The Kier molecular flexibility index (Phi) is 6.03. The fourth-order valence-electron chi connectivity index (χ4n) is 3.85. The molecule has 2 N–H and O–H groups in total. The van der Waals surface area contributed by atoms with Crippen molar-refractivity contribution in [2.75, 3.05) is 23.7 Å². The van der Waals surface area contributed by atoms with Gasteiger partial charge in [-0.15, -0.1) is 0 Å². The SMILES string of the molecule is CC(C)(C)OC(=O)N1CCC(c2ccc(NC(=O)Nc3ccc4nccn4c3)cc2)CC1. The molecule has 1 fully saturated rings. The van der Waals surface area contributed by atoms with Crippen molar-refractivity contribution in [1.82, 2.24) is 14.3 Å². The van der Waals surface area contributed by atoms with E-state index in [1.807, 2.05) is 74.0 Å². The van der Waals surface area contributed by atoms with Crippen LogP contribution < -0.4 is 10.6 Å². The maximum absolute atomic E-state index is 12.3.